The highest BCUT2D eigenvalue weighted by molar-refractivity contribution is 7.89. The van der Waals surface area contributed by atoms with Crippen molar-refractivity contribution in [2.45, 2.75) is 35.1 Å². The van der Waals surface area contributed by atoms with E-state index in [-0.39, 0.29) is 23.1 Å². The van der Waals surface area contributed by atoms with E-state index in [2.05, 4.69) is 38.6 Å². The number of amides is 1. The molecule has 1 aliphatic heterocycles. The zero-order valence-electron chi connectivity index (χ0n) is 22.0. The number of aromatic nitrogens is 4. The van der Waals surface area contributed by atoms with Gasteiger partial charge in [-0.3, -0.25) is 4.79 Å². The Morgan fingerprint density at radius 1 is 0.951 bits per heavy atom. The Morgan fingerprint density at radius 2 is 1.66 bits per heavy atom. The first-order chi connectivity index (χ1) is 19.9. The summed E-state index contributed by atoms with van der Waals surface area (Å²) in [6.07, 6.45) is 0.695. The van der Waals surface area contributed by atoms with E-state index in [9.17, 15) is 13.2 Å². The lowest BCUT2D eigenvalue weighted by molar-refractivity contribution is -0.125. The van der Waals surface area contributed by atoms with Gasteiger partial charge in [-0.1, -0.05) is 84.9 Å². The molecule has 2 heterocycles. The Kier molecular flexibility index (Phi) is 7.57. The summed E-state index contributed by atoms with van der Waals surface area (Å²) in [5, 5.41) is 18.6. The number of H-pyrrole nitrogens is 1. The van der Waals surface area contributed by atoms with Gasteiger partial charge in [-0.2, -0.15) is 16.9 Å². The molecule has 0 unspecified atom stereocenters. The average Bonchev–Trinajstić information content (AvgIpc) is 3.68. The van der Waals surface area contributed by atoms with Crippen molar-refractivity contribution in [2.24, 2.45) is 0 Å². The fraction of sp³-hybridized carbons (Fsp3) is 0.200. The number of aromatic amines is 1. The predicted octanol–water partition coefficient (Wildman–Crippen LogP) is 4.18. The maximum atomic E-state index is 13.8. The van der Waals surface area contributed by atoms with Crippen LogP contribution in [0.25, 0.3) is 21.9 Å². The van der Waals surface area contributed by atoms with Crippen LogP contribution >= 0.6 is 12.6 Å². The van der Waals surface area contributed by atoms with Crippen LogP contribution < -0.4 is 5.32 Å². The molecule has 1 aliphatic rings. The van der Waals surface area contributed by atoms with Crippen LogP contribution in [0.3, 0.4) is 0 Å². The maximum absolute atomic E-state index is 13.8. The van der Waals surface area contributed by atoms with Gasteiger partial charge >= 0.3 is 0 Å². The summed E-state index contributed by atoms with van der Waals surface area (Å²) in [4.78, 5) is 13.8. The summed E-state index contributed by atoms with van der Waals surface area (Å²) >= 11 is 4.55. The molecule has 1 amide bonds. The van der Waals surface area contributed by atoms with Gasteiger partial charge in [0.1, 0.15) is 6.04 Å². The summed E-state index contributed by atoms with van der Waals surface area (Å²) < 4.78 is 28.8. The molecule has 6 rings (SSSR count). The van der Waals surface area contributed by atoms with Gasteiger partial charge < -0.3 is 5.32 Å². The SMILES string of the molecule is O=C(N[C@@H](Cc1ccc(-c2ccccc2)cc1)c1nnn[nH]1)[C@@H]1C[C@@H](S)CN1S(=O)(=O)c1ccc2ccccc2c1. The first-order valence-corrected chi connectivity index (χ1v) is 15.2. The van der Waals surface area contributed by atoms with Crippen LogP contribution in [0.5, 0.6) is 0 Å². The molecule has 1 aromatic heterocycles. The molecule has 41 heavy (non-hydrogen) atoms. The molecular weight excluding hydrogens is 557 g/mol. The highest BCUT2D eigenvalue weighted by atomic mass is 32.2. The smallest absolute Gasteiger partial charge is 0.243 e. The standard InChI is InChI=1S/C30H28N6O3S2/c37-30(28-18-25(40)19-36(28)41(38,39)26-15-14-22-8-4-5-9-24(22)17-26)31-27(29-32-34-35-33-29)16-20-10-12-23(13-11-20)21-6-2-1-3-7-21/h1-15,17,25,27-28,40H,16,18-19H2,(H,31,37)(H,32,33,34,35)/t25-,27+,28+/m1/s1. The molecule has 0 spiro atoms. The number of sulfonamides is 1. The van der Waals surface area contributed by atoms with Crippen LogP contribution in [0.15, 0.2) is 102 Å². The largest absolute Gasteiger partial charge is 0.344 e. The third-order valence-corrected chi connectivity index (χ3v) is 9.62. The molecular formula is C30H28N6O3S2. The molecule has 5 aromatic rings. The number of rotatable bonds is 8. The molecule has 9 nitrogen and oxygen atoms in total. The number of benzene rings is 4. The molecule has 208 valence electrons. The summed E-state index contributed by atoms with van der Waals surface area (Å²) in [6, 6.07) is 29.2. The lowest BCUT2D eigenvalue weighted by atomic mass is 10.00. The normalized spacial score (nSPS) is 18.4. The van der Waals surface area contributed by atoms with Gasteiger partial charge in [-0.25, -0.2) is 13.5 Å². The van der Waals surface area contributed by atoms with Crippen LogP contribution in [-0.4, -0.2) is 57.1 Å². The second-order valence-electron chi connectivity index (χ2n) is 10.1. The predicted molar refractivity (Wildman–Crippen MR) is 160 cm³/mol. The molecule has 2 N–H and O–H groups in total. The van der Waals surface area contributed by atoms with Crippen molar-refractivity contribution < 1.29 is 13.2 Å². The van der Waals surface area contributed by atoms with Gasteiger partial charge in [-0.05, 0) is 56.4 Å². The zero-order valence-corrected chi connectivity index (χ0v) is 23.7. The van der Waals surface area contributed by atoms with Gasteiger partial charge in [0, 0.05) is 18.2 Å². The minimum atomic E-state index is -3.96. The second-order valence-corrected chi connectivity index (χ2v) is 12.7. The minimum absolute atomic E-state index is 0.131. The van der Waals surface area contributed by atoms with Gasteiger partial charge in [0.15, 0.2) is 5.82 Å². The number of carbonyl (C=O) groups is 1. The molecule has 0 radical (unpaired) electrons. The minimum Gasteiger partial charge on any atom is -0.344 e. The molecule has 1 fully saturated rings. The molecule has 0 saturated carbocycles. The van der Waals surface area contributed by atoms with Crippen molar-refractivity contribution in [1.29, 1.82) is 0 Å². The number of nitrogens with one attached hydrogen (secondary N) is 2. The Bertz CT molecular complexity index is 1760. The molecule has 4 aromatic carbocycles. The Hall–Kier alpha value is -4.06. The van der Waals surface area contributed by atoms with Crippen LogP contribution in [0.4, 0.5) is 0 Å². The average molecular weight is 585 g/mol. The summed E-state index contributed by atoms with van der Waals surface area (Å²) in [6.45, 7) is 0.131. The fourth-order valence-electron chi connectivity index (χ4n) is 5.25. The lowest BCUT2D eigenvalue weighted by Gasteiger charge is -2.25. The van der Waals surface area contributed by atoms with Crippen LogP contribution in [-0.2, 0) is 21.2 Å². The number of fused-ring (bicyclic) bond motifs is 1. The van der Waals surface area contributed by atoms with E-state index in [0.717, 1.165) is 27.5 Å². The highest BCUT2D eigenvalue weighted by Crippen LogP contribution is 2.31. The number of hydrogen-bond acceptors (Lipinski definition) is 7. The summed E-state index contributed by atoms with van der Waals surface area (Å²) in [5.74, 6) is -0.0388. The number of hydrogen-bond donors (Lipinski definition) is 3. The van der Waals surface area contributed by atoms with Crippen molar-refractivity contribution in [2.75, 3.05) is 6.54 Å². The third kappa shape index (κ3) is 5.74. The number of tetrazole rings is 1. The molecule has 0 aliphatic carbocycles. The molecule has 0 bridgehead atoms. The van der Waals surface area contributed by atoms with Gasteiger partial charge in [0.05, 0.1) is 10.9 Å². The third-order valence-electron chi connectivity index (χ3n) is 7.37. The first kappa shape index (κ1) is 27.1. The molecule has 3 atom stereocenters. The van der Waals surface area contributed by atoms with E-state index in [0.29, 0.717) is 12.2 Å². The van der Waals surface area contributed by atoms with Crippen LogP contribution in [0.2, 0.25) is 0 Å². The Morgan fingerprint density at radius 3 is 2.39 bits per heavy atom. The van der Waals surface area contributed by atoms with E-state index in [1.165, 1.54) is 4.31 Å². The number of carbonyl (C=O) groups excluding carboxylic acids is 1. The summed E-state index contributed by atoms with van der Waals surface area (Å²) in [7, 11) is -3.96. The lowest BCUT2D eigenvalue weighted by Crippen LogP contribution is -2.47. The summed E-state index contributed by atoms with van der Waals surface area (Å²) in [5.41, 5.74) is 3.15. The molecule has 11 heteroatoms. The topological polar surface area (TPSA) is 121 Å². The first-order valence-electron chi connectivity index (χ1n) is 13.3. The Balaban J connectivity index is 1.23. The van der Waals surface area contributed by atoms with Crippen molar-refractivity contribution in [3.8, 4) is 11.1 Å². The van der Waals surface area contributed by atoms with E-state index >= 15 is 0 Å². The van der Waals surface area contributed by atoms with Gasteiger partial charge in [0.2, 0.25) is 15.9 Å². The van der Waals surface area contributed by atoms with E-state index in [4.69, 9.17) is 0 Å². The van der Waals surface area contributed by atoms with E-state index in [1.54, 1.807) is 18.2 Å². The monoisotopic (exact) mass is 584 g/mol. The zero-order chi connectivity index (χ0) is 28.4. The second kappa shape index (κ2) is 11.4. The quantitative estimate of drug-likeness (QED) is 0.235. The van der Waals surface area contributed by atoms with E-state index < -0.39 is 28.0 Å². The van der Waals surface area contributed by atoms with Gasteiger partial charge in [0.25, 0.3) is 0 Å². The fourth-order valence-corrected chi connectivity index (χ4v) is 7.41. The van der Waals surface area contributed by atoms with Crippen LogP contribution in [0.1, 0.15) is 23.9 Å². The highest BCUT2D eigenvalue weighted by Gasteiger charge is 2.43. The number of thiol groups is 1. The van der Waals surface area contributed by atoms with Crippen molar-refractivity contribution in [3.05, 3.63) is 108 Å². The van der Waals surface area contributed by atoms with Gasteiger partial charge in [-0.15, -0.1) is 5.10 Å². The van der Waals surface area contributed by atoms with Crippen LogP contribution in [0, 0.1) is 0 Å². The molecule has 1 saturated heterocycles. The Labute approximate surface area is 243 Å². The maximum Gasteiger partial charge on any atom is 0.243 e. The van der Waals surface area contributed by atoms with Crippen molar-refractivity contribution in [1.82, 2.24) is 30.2 Å². The van der Waals surface area contributed by atoms with Crippen molar-refractivity contribution in [3.63, 3.8) is 0 Å². The van der Waals surface area contributed by atoms with Crippen molar-refractivity contribution >= 4 is 39.3 Å². The van der Waals surface area contributed by atoms with E-state index in [1.807, 2.05) is 78.9 Å². The number of nitrogens with zero attached hydrogens (tertiary/aromatic N) is 4.